The normalized spacial score (nSPS) is 32.0. The molecule has 2 saturated heterocycles. The molecule has 1 atom stereocenters. The molecule has 13 heavy (non-hydrogen) atoms. The second-order valence-corrected chi connectivity index (χ2v) is 4.21. The van der Waals surface area contributed by atoms with E-state index in [1.807, 2.05) is 7.05 Å². The number of hydrogen-bond acceptors (Lipinski definition) is 3. The molecular weight excluding hydrogens is 168 g/mol. The first-order valence-electron chi connectivity index (χ1n) is 4.74. The minimum atomic E-state index is -0.197. The van der Waals surface area contributed by atoms with E-state index in [1.54, 1.807) is 4.90 Å². The summed E-state index contributed by atoms with van der Waals surface area (Å²) in [5, 5.41) is 3.15. The van der Waals surface area contributed by atoms with E-state index >= 15 is 0 Å². The quantitative estimate of drug-likeness (QED) is 0.634. The standard InChI is InChI=1S/C9H16N2O2/c1-9(5-10-6-9)13-7-3-4-11(2)8(7)12/h7,10H,3-6H2,1-2H3. The molecule has 1 N–H and O–H groups in total. The third kappa shape index (κ3) is 1.56. The Balaban J connectivity index is 1.92. The second kappa shape index (κ2) is 2.96. The smallest absolute Gasteiger partial charge is 0.251 e. The first-order chi connectivity index (χ1) is 6.11. The van der Waals surface area contributed by atoms with Gasteiger partial charge in [0.15, 0.2) is 0 Å². The predicted octanol–water partition coefficient (Wildman–Crippen LogP) is -0.404. The molecule has 0 aromatic carbocycles. The van der Waals surface area contributed by atoms with Gasteiger partial charge >= 0.3 is 0 Å². The van der Waals surface area contributed by atoms with Crippen LogP contribution in [-0.2, 0) is 9.53 Å². The number of likely N-dealkylation sites (tertiary alicyclic amines) is 1. The highest BCUT2D eigenvalue weighted by atomic mass is 16.5. The molecule has 0 aliphatic carbocycles. The number of amides is 1. The summed E-state index contributed by atoms with van der Waals surface area (Å²) in [6.07, 6.45) is 0.641. The number of carbonyl (C=O) groups excluding carboxylic acids is 1. The molecular formula is C9H16N2O2. The highest BCUT2D eigenvalue weighted by molar-refractivity contribution is 5.82. The van der Waals surface area contributed by atoms with Crippen molar-refractivity contribution in [2.45, 2.75) is 25.0 Å². The molecule has 0 aromatic heterocycles. The maximum atomic E-state index is 11.5. The van der Waals surface area contributed by atoms with E-state index in [0.29, 0.717) is 0 Å². The van der Waals surface area contributed by atoms with Crippen LogP contribution in [0.15, 0.2) is 0 Å². The SMILES string of the molecule is CN1CCC(OC2(C)CNC2)C1=O. The van der Waals surface area contributed by atoms with Crippen LogP contribution in [0.3, 0.4) is 0 Å². The largest absolute Gasteiger partial charge is 0.359 e. The van der Waals surface area contributed by atoms with Crippen LogP contribution in [0.5, 0.6) is 0 Å². The highest BCUT2D eigenvalue weighted by Gasteiger charge is 2.40. The van der Waals surface area contributed by atoms with E-state index < -0.39 is 0 Å². The third-order valence-corrected chi connectivity index (χ3v) is 2.80. The lowest BCUT2D eigenvalue weighted by atomic mass is 9.99. The van der Waals surface area contributed by atoms with Gasteiger partial charge in [-0.25, -0.2) is 0 Å². The van der Waals surface area contributed by atoms with E-state index in [-0.39, 0.29) is 17.6 Å². The van der Waals surface area contributed by atoms with Crippen LogP contribution >= 0.6 is 0 Å². The lowest BCUT2D eigenvalue weighted by Gasteiger charge is -2.40. The van der Waals surface area contributed by atoms with Crippen molar-refractivity contribution in [3.8, 4) is 0 Å². The van der Waals surface area contributed by atoms with Crippen molar-refractivity contribution in [3.05, 3.63) is 0 Å². The van der Waals surface area contributed by atoms with Gasteiger partial charge in [-0.15, -0.1) is 0 Å². The van der Waals surface area contributed by atoms with Gasteiger partial charge in [0, 0.05) is 33.1 Å². The molecule has 0 radical (unpaired) electrons. The molecule has 0 bridgehead atoms. The Morgan fingerprint density at radius 1 is 1.62 bits per heavy atom. The number of rotatable bonds is 2. The molecule has 74 valence electrons. The van der Waals surface area contributed by atoms with Crippen LogP contribution in [-0.4, -0.2) is 49.2 Å². The van der Waals surface area contributed by atoms with E-state index in [0.717, 1.165) is 26.1 Å². The second-order valence-electron chi connectivity index (χ2n) is 4.21. The lowest BCUT2D eigenvalue weighted by Crippen LogP contribution is -2.60. The number of carbonyl (C=O) groups is 1. The van der Waals surface area contributed by atoms with Crippen LogP contribution in [0, 0.1) is 0 Å². The summed E-state index contributed by atoms with van der Waals surface area (Å²) < 4.78 is 5.76. The first kappa shape index (κ1) is 8.97. The first-order valence-corrected chi connectivity index (χ1v) is 4.74. The van der Waals surface area contributed by atoms with Gasteiger partial charge in [0.25, 0.3) is 5.91 Å². The summed E-state index contributed by atoms with van der Waals surface area (Å²) in [6, 6.07) is 0. The van der Waals surface area contributed by atoms with Gasteiger partial charge in [-0.2, -0.15) is 0 Å². The maximum absolute atomic E-state index is 11.5. The molecule has 4 nitrogen and oxygen atoms in total. The van der Waals surface area contributed by atoms with E-state index in [1.165, 1.54) is 0 Å². The fourth-order valence-corrected chi connectivity index (χ4v) is 1.80. The molecule has 2 fully saturated rings. The number of ether oxygens (including phenoxy) is 1. The number of hydrogen-bond donors (Lipinski definition) is 1. The van der Waals surface area contributed by atoms with Crippen molar-refractivity contribution in [3.63, 3.8) is 0 Å². The average molecular weight is 184 g/mol. The Morgan fingerprint density at radius 3 is 2.69 bits per heavy atom. The van der Waals surface area contributed by atoms with Gasteiger partial charge in [0.1, 0.15) is 6.10 Å². The van der Waals surface area contributed by atoms with Crippen molar-refractivity contribution in [2.24, 2.45) is 0 Å². The van der Waals surface area contributed by atoms with Gasteiger partial charge in [-0.1, -0.05) is 0 Å². The van der Waals surface area contributed by atoms with Gasteiger partial charge in [-0.3, -0.25) is 4.79 Å². The molecule has 2 heterocycles. The van der Waals surface area contributed by atoms with Gasteiger partial charge in [0.2, 0.25) is 0 Å². The summed E-state index contributed by atoms with van der Waals surface area (Å²) in [5.41, 5.74) is -0.106. The number of nitrogens with zero attached hydrogens (tertiary/aromatic N) is 1. The van der Waals surface area contributed by atoms with E-state index in [9.17, 15) is 4.79 Å². The fourth-order valence-electron chi connectivity index (χ4n) is 1.80. The predicted molar refractivity (Wildman–Crippen MR) is 48.4 cm³/mol. The van der Waals surface area contributed by atoms with Crippen LogP contribution in [0.1, 0.15) is 13.3 Å². The number of nitrogens with one attached hydrogen (secondary N) is 1. The molecule has 0 aromatic rings. The highest BCUT2D eigenvalue weighted by Crippen LogP contribution is 2.23. The Labute approximate surface area is 78.2 Å². The third-order valence-electron chi connectivity index (χ3n) is 2.80. The zero-order valence-corrected chi connectivity index (χ0v) is 8.17. The molecule has 0 spiro atoms. The van der Waals surface area contributed by atoms with Crippen molar-refractivity contribution >= 4 is 5.91 Å². The Morgan fingerprint density at radius 2 is 2.31 bits per heavy atom. The Kier molecular flexibility index (Phi) is 2.04. The average Bonchev–Trinajstić information content (AvgIpc) is 2.33. The summed E-state index contributed by atoms with van der Waals surface area (Å²) in [5.74, 6) is 0.133. The van der Waals surface area contributed by atoms with Crippen LogP contribution in [0.25, 0.3) is 0 Å². The molecule has 1 unspecified atom stereocenters. The topological polar surface area (TPSA) is 41.6 Å². The Hall–Kier alpha value is -0.610. The molecule has 4 heteroatoms. The summed E-state index contributed by atoms with van der Waals surface area (Å²) in [7, 11) is 1.83. The maximum Gasteiger partial charge on any atom is 0.251 e. The Bertz CT molecular complexity index is 226. The fraction of sp³-hybridized carbons (Fsp3) is 0.889. The van der Waals surface area contributed by atoms with Gasteiger partial charge < -0.3 is 15.0 Å². The van der Waals surface area contributed by atoms with Gasteiger partial charge in [-0.05, 0) is 6.92 Å². The van der Waals surface area contributed by atoms with E-state index in [4.69, 9.17) is 4.74 Å². The monoisotopic (exact) mass is 184 g/mol. The van der Waals surface area contributed by atoms with Crippen molar-refractivity contribution < 1.29 is 9.53 Å². The van der Waals surface area contributed by atoms with Crippen LogP contribution < -0.4 is 5.32 Å². The van der Waals surface area contributed by atoms with E-state index in [2.05, 4.69) is 12.2 Å². The zero-order valence-electron chi connectivity index (χ0n) is 8.17. The summed E-state index contributed by atoms with van der Waals surface area (Å²) >= 11 is 0. The minimum absolute atomic E-state index is 0.106. The van der Waals surface area contributed by atoms with Gasteiger partial charge in [0.05, 0.1) is 5.60 Å². The molecule has 2 aliphatic heterocycles. The molecule has 0 saturated carbocycles. The lowest BCUT2D eigenvalue weighted by molar-refractivity contribution is -0.152. The van der Waals surface area contributed by atoms with Crippen molar-refractivity contribution in [2.75, 3.05) is 26.7 Å². The molecule has 1 amide bonds. The molecule has 2 aliphatic rings. The molecule has 2 rings (SSSR count). The summed E-state index contributed by atoms with van der Waals surface area (Å²) in [4.78, 5) is 13.2. The van der Waals surface area contributed by atoms with Crippen LogP contribution in [0.2, 0.25) is 0 Å². The van der Waals surface area contributed by atoms with Crippen molar-refractivity contribution in [1.29, 1.82) is 0 Å². The number of likely N-dealkylation sites (N-methyl/N-ethyl adjacent to an activating group) is 1. The minimum Gasteiger partial charge on any atom is -0.359 e. The zero-order chi connectivity index (χ0) is 9.47. The van der Waals surface area contributed by atoms with Crippen LogP contribution in [0.4, 0.5) is 0 Å². The summed E-state index contributed by atoms with van der Waals surface area (Å²) in [6.45, 7) is 4.60. The van der Waals surface area contributed by atoms with Crippen molar-refractivity contribution in [1.82, 2.24) is 10.2 Å².